The molecule has 2 aliphatic rings. The fourth-order valence-electron chi connectivity index (χ4n) is 2.54. The van der Waals surface area contributed by atoms with Crippen LogP contribution in [0.3, 0.4) is 0 Å². The van der Waals surface area contributed by atoms with E-state index in [1.807, 2.05) is 42.2 Å². The van der Waals surface area contributed by atoms with Crippen molar-refractivity contribution in [3.8, 4) is 0 Å². The third-order valence-electron chi connectivity index (χ3n) is 3.88. The number of benzene rings is 1. The zero-order valence-corrected chi connectivity index (χ0v) is 11.8. The molecule has 1 aromatic carbocycles. The summed E-state index contributed by atoms with van der Waals surface area (Å²) in [7, 11) is 0. The van der Waals surface area contributed by atoms with Crippen molar-refractivity contribution in [1.82, 2.24) is 4.90 Å². The number of carbonyl (C=O) groups excluding carboxylic acids is 1. The van der Waals surface area contributed by atoms with Crippen LogP contribution in [0.5, 0.6) is 0 Å². The van der Waals surface area contributed by atoms with E-state index in [0.717, 1.165) is 37.1 Å². The highest BCUT2D eigenvalue weighted by atomic mass is 16.6. The second kappa shape index (κ2) is 5.65. The molecule has 1 heterocycles. The van der Waals surface area contributed by atoms with Crippen molar-refractivity contribution in [2.45, 2.75) is 32.3 Å². The molecule has 1 aliphatic carbocycles. The highest BCUT2D eigenvalue weighted by molar-refractivity contribution is 6.01. The zero-order valence-electron chi connectivity index (χ0n) is 11.8. The van der Waals surface area contributed by atoms with Gasteiger partial charge in [0.05, 0.1) is 12.3 Å². The van der Waals surface area contributed by atoms with Gasteiger partial charge in [0.15, 0.2) is 6.10 Å². The third kappa shape index (κ3) is 2.84. The molecule has 0 spiro atoms. The summed E-state index contributed by atoms with van der Waals surface area (Å²) in [6.45, 7) is 3.41. The van der Waals surface area contributed by atoms with Crippen LogP contribution >= 0.6 is 0 Å². The lowest BCUT2D eigenvalue weighted by Crippen LogP contribution is -2.38. The first-order valence-corrected chi connectivity index (χ1v) is 7.35. The largest absolute Gasteiger partial charge is 0.390 e. The SMILES string of the molecule is CCN(C[C@H]1CC(c2ccccc2)=NO1)C(=O)C1CC1. The summed E-state index contributed by atoms with van der Waals surface area (Å²) in [6, 6.07) is 10.1. The van der Waals surface area contributed by atoms with Crippen molar-refractivity contribution in [2.24, 2.45) is 11.1 Å². The van der Waals surface area contributed by atoms with Gasteiger partial charge in [-0.1, -0.05) is 35.5 Å². The van der Waals surface area contributed by atoms with Crippen LogP contribution in [-0.2, 0) is 9.63 Å². The lowest BCUT2D eigenvalue weighted by molar-refractivity contribution is -0.134. The molecule has 4 nitrogen and oxygen atoms in total. The smallest absolute Gasteiger partial charge is 0.225 e. The standard InChI is InChI=1S/C16H20N2O2/c1-2-18(16(19)13-8-9-13)11-14-10-15(17-20-14)12-6-4-3-5-7-12/h3-7,13-14H,2,8-11H2,1H3/t14-/m1/s1. The summed E-state index contributed by atoms with van der Waals surface area (Å²) in [5, 5.41) is 4.17. The predicted octanol–water partition coefficient (Wildman–Crippen LogP) is 2.44. The normalized spacial score (nSPS) is 21.2. The Morgan fingerprint density at radius 2 is 2.10 bits per heavy atom. The van der Waals surface area contributed by atoms with Crippen LogP contribution in [0.25, 0.3) is 0 Å². The van der Waals surface area contributed by atoms with Crippen LogP contribution < -0.4 is 0 Å². The Morgan fingerprint density at radius 3 is 2.75 bits per heavy atom. The molecule has 1 saturated carbocycles. The van der Waals surface area contributed by atoms with Crippen molar-refractivity contribution >= 4 is 11.6 Å². The molecule has 20 heavy (non-hydrogen) atoms. The van der Waals surface area contributed by atoms with Crippen LogP contribution in [0.15, 0.2) is 35.5 Å². The number of nitrogens with zero attached hydrogens (tertiary/aromatic N) is 2. The first-order chi connectivity index (χ1) is 9.78. The average molecular weight is 272 g/mol. The van der Waals surface area contributed by atoms with E-state index >= 15 is 0 Å². The lowest BCUT2D eigenvalue weighted by atomic mass is 10.0. The zero-order chi connectivity index (χ0) is 13.9. The Hall–Kier alpha value is -1.84. The molecule has 0 aromatic heterocycles. The summed E-state index contributed by atoms with van der Waals surface area (Å²) in [5.74, 6) is 0.551. The Kier molecular flexibility index (Phi) is 3.72. The molecule has 3 rings (SSSR count). The molecule has 0 N–H and O–H groups in total. The molecule has 106 valence electrons. The van der Waals surface area contributed by atoms with E-state index in [0.29, 0.717) is 6.54 Å². The van der Waals surface area contributed by atoms with Crippen LogP contribution in [0.1, 0.15) is 31.7 Å². The van der Waals surface area contributed by atoms with E-state index in [9.17, 15) is 4.79 Å². The maximum absolute atomic E-state index is 12.1. The minimum atomic E-state index is -0.00661. The fraction of sp³-hybridized carbons (Fsp3) is 0.500. The summed E-state index contributed by atoms with van der Waals surface area (Å²) in [4.78, 5) is 19.5. The Morgan fingerprint density at radius 1 is 1.35 bits per heavy atom. The minimum Gasteiger partial charge on any atom is -0.390 e. The second-order valence-electron chi connectivity index (χ2n) is 5.49. The van der Waals surface area contributed by atoms with Gasteiger partial charge in [-0.2, -0.15) is 0 Å². The Bertz CT molecular complexity index is 508. The number of likely N-dealkylation sites (N-methyl/N-ethyl adjacent to an activating group) is 1. The molecular weight excluding hydrogens is 252 g/mol. The number of amides is 1. The summed E-state index contributed by atoms with van der Waals surface area (Å²) >= 11 is 0. The number of hydrogen-bond acceptors (Lipinski definition) is 3. The highest BCUT2D eigenvalue weighted by Gasteiger charge is 2.34. The van der Waals surface area contributed by atoms with Gasteiger partial charge in [0.1, 0.15) is 0 Å². The van der Waals surface area contributed by atoms with Crippen LogP contribution in [0, 0.1) is 5.92 Å². The average Bonchev–Trinajstić information content (AvgIpc) is 3.24. The summed E-state index contributed by atoms with van der Waals surface area (Å²) in [5.41, 5.74) is 2.08. The quantitative estimate of drug-likeness (QED) is 0.826. The van der Waals surface area contributed by atoms with Gasteiger partial charge in [-0.25, -0.2) is 0 Å². The molecule has 0 unspecified atom stereocenters. The molecular formula is C16H20N2O2. The molecule has 1 amide bonds. The lowest BCUT2D eigenvalue weighted by Gasteiger charge is -2.23. The van der Waals surface area contributed by atoms with E-state index < -0.39 is 0 Å². The van der Waals surface area contributed by atoms with E-state index in [1.165, 1.54) is 0 Å². The molecule has 1 aromatic rings. The van der Waals surface area contributed by atoms with Crippen molar-refractivity contribution in [1.29, 1.82) is 0 Å². The second-order valence-corrected chi connectivity index (χ2v) is 5.49. The van der Waals surface area contributed by atoms with E-state index in [4.69, 9.17) is 4.84 Å². The molecule has 1 atom stereocenters. The van der Waals surface area contributed by atoms with Gasteiger partial charge in [0, 0.05) is 18.9 Å². The third-order valence-corrected chi connectivity index (χ3v) is 3.88. The summed E-state index contributed by atoms with van der Waals surface area (Å²) < 4.78 is 0. The topological polar surface area (TPSA) is 41.9 Å². The fourth-order valence-corrected chi connectivity index (χ4v) is 2.54. The van der Waals surface area contributed by atoms with Gasteiger partial charge in [-0.15, -0.1) is 0 Å². The van der Waals surface area contributed by atoms with E-state index in [-0.39, 0.29) is 17.9 Å². The van der Waals surface area contributed by atoms with Crippen molar-refractivity contribution < 1.29 is 9.63 Å². The first kappa shape index (κ1) is 13.2. The summed E-state index contributed by atoms with van der Waals surface area (Å²) in [6.07, 6.45) is 2.87. The van der Waals surface area contributed by atoms with Gasteiger partial charge in [-0.05, 0) is 25.3 Å². The number of hydrogen-bond donors (Lipinski definition) is 0. The Labute approximate surface area is 119 Å². The molecule has 1 fully saturated rings. The van der Waals surface area contributed by atoms with Gasteiger partial charge in [0.25, 0.3) is 0 Å². The molecule has 0 bridgehead atoms. The van der Waals surface area contributed by atoms with Gasteiger partial charge in [0.2, 0.25) is 5.91 Å². The highest BCUT2D eigenvalue weighted by Crippen LogP contribution is 2.31. The number of rotatable bonds is 5. The van der Waals surface area contributed by atoms with E-state index in [2.05, 4.69) is 5.16 Å². The number of oxime groups is 1. The van der Waals surface area contributed by atoms with Gasteiger partial charge in [-0.3, -0.25) is 4.79 Å². The van der Waals surface area contributed by atoms with Gasteiger partial charge < -0.3 is 9.74 Å². The van der Waals surface area contributed by atoms with Gasteiger partial charge >= 0.3 is 0 Å². The minimum absolute atomic E-state index is 0.00661. The maximum Gasteiger partial charge on any atom is 0.225 e. The van der Waals surface area contributed by atoms with E-state index in [1.54, 1.807) is 0 Å². The number of carbonyl (C=O) groups is 1. The van der Waals surface area contributed by atoms with Crippen molar-refractivity contribution in [2.75, 3.05) is 13.1 Å². The van der Waals surface area contributed by atoms with Crippen LogP contribution in [0.4, 0.5) is 0 Å². The molecule has 0 radical (unpaired) electrons. The first-order valence-electron chi connectivity index (χ1n) is 7.35. The van der Waals surface area contributed by atoms with Crippen molar-refractivity contribution in [3.63, 3.8) is 0 Å². The molecule has 0 saturated heterocycles. The molecule has 1 aliphatic heterocycles. The molecule has 4 heteroatoms. The monoisotopic (exact) mass is 272 g/mol. The van der Waals surface area contributed by atoms with Crippen LogP contribution in [-0.4, -0.2) is 35.7 Å². The van der Waals surface area contributed by atoms with Crippen LogP contribution in [0.2, 0.25) is 0 Å². The predicted molar refractivity (Wildman–Crippen MR) is 77.4 cm³/mol. The maximum atomic E-state index is 12.1. The van der Waals surface area contributed by atoms with Crippen molar-refractivity contribution in [3.05, 3.63) is 35.9 Å². The Balaban J connectivity index is 1.57.